The van der Waals surface area contributed by atoms with E-state index in [1.165, 1.54) is 0 Å². The van der Waals surface area contributed by atoms with Crippen LogP contribution < -0.4 is 9.80 Å². The third-order valence-corrected chi connectivity index (χ3v) is 8.13. The van der Waals surface area contributed by atoms with Gasteiger partial charge in [-0.2, -0.15) is 0 Å². The molecule has 1 saturated heterocycles. The predicted molar refractivity (Wildman–Crippen MR) is 157 cm³/mol. The van der Waals surface area contributed by atoms with Crippen LogP contribution >= 0.6 is 0 Å². The van der Waals surface area contributed by atoms with Gasteiger partial charge >= 0.3 is 0 Å². The fraction of sp³-hybridized carbons (Fsp3) is 0.438. The molecule has 3 aromatic rings. The quantitative estimate of drug-likeness (QED) is 0.363. The molecule has 1 fully saturated rings. The molecule has 0 unspecified atom stereocenters. The van der Waals surface area contributed by atoms with Gasteiger partial charge in [-0.05, 0) is 43.0 Å². The maximum atomic E-state index is 14.0. The van der Waals surface area contributed by atoms with Crippen molar-refractivity contribution in [2.24, 2.45) is 5.92 Å². The summed E-state index contributed by atoms with van der Waals surface area (Å²) in [6.07, 6.45) is 11.2. The van der Waals surface area contributed by atoms with Crippen LogP contribution in [-0.4, -0.2) is 50.2 Å². The van der Waals surface area contributed by atoms with E-state index in [-0.39, 0.29) is 18.4 Å². The summed E-state index contributed by atoms with van der Waals surface area (Å²) in [5.41, 5.74) is 1.86. The van der Waals surface area contributed by atoms with Crippen molar-refractivity contribution in [2.75, 3.05) is 23.0 Å². The molecule has 41 heavy (non-hydrogen) atoms. The van der Waals surface area contributed by atoms with Crippen LogP contribution in [0.5, 0.6) is 0 Å². The number of carbonyl (C=O) groups excluding carboxylic acids is 2. The average molecular weight is 558 g/mol. The smallest absolute Gasteiger partial charge is 0.264 e. The van der Waals surface area contributed by atoms with E-state index in [4.69, 9.17) is 5.11 Å². The highest BCUT2D eigenvalue weighted by atomic mass is 16.3. The van der Waals surface area contributed by atoms with Gasteiger partial charge in [-0.1, -0.05) is 67.5 Å². The Labute approximate surface area is 241 Å². The lowest BCUT2D eigenvalue weighted by Crippen LogP contribution is -2.44. The lowest BCUT2D eigenvalue weighted by Gasteiger charge is -2.29. The van der Waals surface area contributed by atoms with Crippen LogP contribution in [0.1, 0.15) is 62.3 Å². The van der Waals surface area contributed by atoms with Gasteiger partial charge in [0.25, 0.3) is 5.91 Å². The van der Waals surface area contributed by atoms with Gasteiger partial charge in [0.2, 0.25) is 5.91 Å². The van der Waals surface area contributed by atoms with E-state index in [1.54, 1.807) is 9.58 Å². The summed E-state index contributed by atoms with van der Waals surface area (Å²) in [7, 11) is 0. The first-order valence-electron chi connectivity index (χ1n) is 14.6. The summed E-state index contributed by atoms with van der Waals surface area (Å²) < 4.78 is 1.72. The topological polar surface area (TPSA) is 112 Å². The third kappa shape index (κ3) is 6.11. The number of hydrogen-bond donors (Lipinski definition) is 2. The minimum atomic E-state index is -1.77. The summed E-state index contributed by atoms with van der Waals surface area (Å²) in [5.74, 6) is -0.801. The Morgan fingerprint density at radius 3 is 2.68 bits per heavy atom. The van der Waals surface area contributed by atoms with Crippen molar-refractivity contribution in [1.29, 1.82) is 0 Å². The van der Waals surface area contributed by atoms with Gasteiger partial charge in [-0.3, -0.25) is 14.3 Å². The van der Waals surface area contributed by atoms with Crippen molar-refractivity contribution in [3.63, 3.8) is 0 Å². The molecule has 2 aromatic carbocycles. The van der Waals surface area contributed by atoms with Crippen LogP contribution in [0, 0.1) is 5.92 Å². The van der Waals surface area contributed by atoms with Gasteiger partial charge in [0, 0.05) is 55.9 Å². The molecule has 5 rings (SSSR count). The van der Waals surface area contributed by atoms with Crippen LogP contribution in [0.2, 0.25) is 0 Å². The maximum absolute atomic E-state index is 14.0. The molecule has 2 aliphatic heterocycles. The Bertz CT molecular complexity index is 1390. The number of amides is 2. The molecule has 2 amide bonds. The van der Waals surface area contributed by atoms with E-state index in [1.807, 2.05) is 78.7 Å². The number of aryl methyl sites for hydroxylation is 1. The average Bonchev–Trinajstić information content (AvgIpc) is 3.50. The zero-order valence-electron chi connectivity index (χ0n) is 23.7. The fourth-order valence-corrected chi connectivity index (χ4v) is 5.78. The molecule has 216 valence electrons. The number of aliphatic hydroxyl groups is 2. The van der Waals surface area contributed by atoms with Crippen LogP contribution in [0.3, 0.4) is 0 Å². The maximum Gasteiger partial charge on any atom is 0.264 e. The molecule has 3 heterocycles. The number of hydrogen-bond acceptors (Lipinski definition) is 6. The van der Waals surface area contributed by atoms with E-state index < -0.39 is 11.5 Å². The molecule has 9 heteroatoms. The first-order valence-corrected chi connectivity index (χ1v) is 14.6. The number of rotatable bonds is 10. The third-order valence-electron chi connectivity index (χ3n) is 8.13. The molecule has 0 saturated carbocycles. The molecule has 0 aliphatic carbocycles. The Balaban J connectivity index is 1.42. The zero-order chi connectivity index (χ0) is 28.8. The van der Waals surface area contributed by atoms with Crippen molar-refractivity contribution in [2.45, 2.75) is 70.6 Å². The summed E-state index contributed by atoms with van der Waals surface area (Å²) in [6, 6.07) is 15.4. The van der Waals surface area contributed by atoms with Crippen molar-refractivity contribution in [3.05, 3.63) is 83.7 Å². The Morgan fingerprint density at radius 2 is 1.88 bits per heavy atom. The number of nitrogens with zero attached hydrogens (tertiary/aromatic N) is 5. The number of anilines is 2. The Hall–Kier alpha value is -3.82. The first kappa shape index (κ1) is 28.7. The van der Waals surface area contributed by atoms with Gasteiger partial charge in [0.15, 0.2) is 5.60 Å². The van der Waals surface area contributed by atoms with Gasteiger partial charge in [0.05, 0.1) is 17.9 Å². The number of allylic oxidation sites excluding steroid dienone is 1. The number of fused-ring (bicyclic) bond motifs is 1. The van der Waals surface area contributed by atoms with Crippen LogP contribution in [-0.2, 0) is 34.7 Å². The number of aliphatic hydroxyl groups excluding tert-OH is 1. The molecule has 2 atom stereocenters. The first-order chi connectivity index (χ1) is 19.9. The molecule has 2 aliphatic rings. The highest BCUT2D eigenvalue weighted by Crippen LogP contribution is 2.47. The lowest BCUT2D eigenvalue weighted by atomic mass is 9.82. The summed E-state index contributed by atoms with van der Waals surface area (Å²) in [4.78, 5) is 30.5. The second-order valence-electron chi connectivity index (χ2n) is 11.0. The van der Waals surface area contributed by atoms with Crippen LogP contribution in [0.25, 0.3) is 0 Å². The molecule has 0 radical (unpaired) electrons. The van der Waals surface area contributed by atoms with E-state index in [0.29, 0.717) is 50.1 Å². The van der Waals surface area contributed by atoms with Gasteiger partial charge < -0.3 is 20.0 Å². The minimum Gasteiger partial charge on any atom is -0.396 e. The molecule has 0 bridgehead atoms. The van der Waals surface area contributed by atoms with E-state index >= 15 is 0 Å². The minimum absolute atomic E-state index is 0.0269. The largest absolute Gasteiger partial charge is 0.396 e. The second-order valence-corrected chi connectivity index (χ2v) is 11.0. The number of aromatic nitrogens is 3. The monoisotopic (exact) mass is 557 g/mol. The summed E-state index contributed by atoms with van der Waals surface area (Å²) >= 11 is 0. The Morgan fingerprint density at radius 1 is 1.07 bits per heavy atom. The number of benzene rings is 2. The van der Waals surface area contributed by atoms with E-state index in [2.05, 4.69) is 10.3 Å². The lowest BCUT2D eigenvalue weighted by molar-refractivity contribution is -0.139. The fourth-order valence-electron chi connectivity index (χ4n) is 5.78. The predicted octanol–water partition coefficient (Wildman–Crippen LogP) is 4.13. The summed E-state index contributed by atoms with van der Waals surface area (Å²) in [6.45, 7) is 3.45. The van der Waals surface area contributed by atoms with E-state index in [9.17, 15) is 14.7 Å². The van der Waals surface area contributed by atoms with Gasteiger partial charge in [-0.25, -0.2) is 0 Å². The molecule has 1 aromatic heterocycles. The van der Waals surface area contributed by atoms with Crippen molar-refractivity contribution in [3.8, 4) is 0 Å². The standard InChI is InChI=1S/C32H39N5O4/c1-24(11-8-10-18-35-23-26(17-20-38)33-34-35)32(41)28-21-27(36-19-9-3-2-7-14-30(36)39)15-16-29(28)37(31(32)40)22-25-12-5-4-6-13-25/h4-6,8,11-13,15-16,21,23-24,38,41H,2-3,7,9-10,14,17-20,22H2,1H3/b11-8+/t24-,32+/m1/s1. The van der Waals surface area contributed by atoms with Gasteiger partial charge in [0.1, 0.15) is 0 Å². The van der Waals surface area contributed by atoms with Crippen LogP contribution in [0.4, 0.5) is 11.4 Å². The highest BCUT2D eigenvalue weighted by Gasteiger charge is 2.52. The molecular weight excluding hydrogens is 518 g/mol. The molecule has 0 spiro atoms. The van der Waals surface area contributed by atoms with Crippen molar-refractivity contribution in [1.82, 2.24) is 15.0 Å². The Kier molecular flexibility index (Phi) is 8.95. The SMILES string of the molecule is C[C@H](/C=C/CCn1cc(CCO)nn1)[C@@]1(O)C(=O)N(Cc2ccccc2)c2ccc(N3CCCCCCC3=O)cc21. The highest BCUT2D eigenvalue weighted by molar-refractivity contribution is 6.08. The molecule has 2 N–H and O–H groups in total. The summed E-state index contributed by atoms with van der Waals surface area (Å²) in [5, 5.41) is 29.4. The van der Waals surface area contributed by atoms with E-state index in [0.717, 1.165) is 42.6 Å². The molecule has 9 nitrogen and oxygen atoms in total. The van der Waals surface area contributed by atoms with Gasteiger partial charge in [-0.15, -0.1) is 5.10 Å². The zero-order valence-corrected chi connectivity index (χ0v) is 23.7. The second kappa shape index (κ2) is 12.8. The normalized spacial score (nSPS) is 20.4. The van der Waals surface area contributed by atoms with Crippen LogP contribution in [0.15, 0.2) is 66.9 Å². The van der Waals surface area contributed by atoms with Crippen molar-refractivity contribution < 1.29 is 19.8 Å². The molecular formula is C32H39N5O4. The van der Waals surface area contributed by atoms with Crippen molar-refractivity contribution >= 4 is 23.2 Å². The number of carbonyl (C=O) groups is 2.